The van der Waals surface area contributed by atoms with Gasteiger partial charge in [0.15, 0.2) is 9.84 Å². The van der Waals surface area contributed by atoms with Crippen molar-refractivity contribution in [1.82, 2.24) is 0 Å². The molecule has 107 valence electrons. The zero-order chi connectivity index (χ0) is 15.0. The molecule has 0 aliphatic carbocycles. The monoisotopic (exact) mass is 334 g/mol. The molecule has 1 radical (unpaired) electrons. The van der Waals surface area contributed by atoms with Crippen molar-refractivity contribution >= 4 is 49.4 Å². The van der Waals surface area contributed by atoms with Crippen LogP contribution in [0.2, 0.25) is 0 Å². The van der Waals surface area contributed by atoms with Gasteiger partial charge in [0, 0.05) is 41.4 Å². The molecule has 5 nitrogen and oxygen atoms in total. The Morgan fingerprint density at radius 3 is 1.90 bits per heavy atom. The van der Waals surface area contributed by atoms with Gasteiger partial charge in [-0.3, -0.25) is 0 Å². The topological polar surface area (TPSA) is 94.3 Å². The molecule has 0 aromatic heterocycles. The van der Waals surface area contributed by atoms with Gasteiger partial charge in [-0.25, -0.2) is 22.0 Å². The largest absolute Gasteiger partial charge is 0.239 e. The maximum absolute atomic E-state index is 11.8. The molecule has 0 saturated carbocycles. The third-order valence-corrected chi connectivity index (χ3v) is 5.02. The normalized spacial score (nSPS) is 11.7. The molecule has 0 atom stereocenters. The molecule has 0 saturated heterocycles. The fourth-order valence-electron chi connectivity index (χ4n) is 1.95. The second kappa shape index (κ2) is 6.60. The van der Waals surface area contributed by atoms with Crippen molar-refractivity contribution in [2.75, 3.05) is 6.26 Å². The zero-order valence-electron chi connectivity index (χ0n) is 11.6. The maximum atomic E-state index is 11.8. The van der Waals surface area contributed by atoms with E-state index in [1.54, 1.807) is 30.3 Å². The van der Waals surface area contributed by atoms with Crippen LogP contribution in [0.3, 0.4) is 0 Å². The smallest absolute Gasteiger partial charge is 0.225 e. The molecule has 0 aliphatic heterocycles. The molecule has 0 bridgehead atoms. The van der Waals surface area contributed by atoms with Crippen LogP contribution in [0.5, 0.6) is 0 Å². The van der Waals surface area contributed by atoms with Crippen LogP contribution in [0.1, 0.15) is 0 Å². The third-order valence-electron chi connectivity index (χ3n) is 2.75. The Balaban J connectivity index is 0.00000220. The van der Waals surface area contributed by atoms with Crippen molar-refractivity contribution in [2.24, 2.45) is 5.14 Å². The van der Waals surface area contributed by atoms with Crippen LogP contribution in [0.15, 0.2) is 58.3 Å². The first-order valence-corrected chi connectivity index (χ1v) is 9.06. The molecule has 0 spiro atoms. The first-order valence-electron chi connectivity index (χ1n) is 5.62. The van der Waals surface area contributed by atoms with Crippen LogP contribution in [0.25, 0.3) is 11.1 Å². The Morgan fingerprint density at radius 1 is 0.857 bits per heavy atom. The van der Waals surface area contributed by atoms with Gasteiger partial charge in [0.25, 0.3) is 0 Å². The second-order valence-corrected chi connectivity index (χ2v) is 7.80. The van der Waals surface area contributed by atoms with Crippen LogP contribution >= 0.6 is 0 Å². The Kier molecular flexibility index (Phi) is 5.76. The van der Waals surface area contributed by atoms with Gasteiger partial charge in [-0.2, -0.15) is 0 Å². The molecule has 0 heterocycles. The molecule has 21 heavy (non-hydrogen) atoms. The predicted molar refractivity (Wildman–Crippen MR) is 82.1 cm³/mol. The second-order valence-electron chi connectivity index (χ2n) is 4.32. The average Bonchev–Trinajstić information content (AvgIpc) is 2.37. The van der Waals surface area contributed by atoms with Gasteiger partial charge in [-0.05, 0) is 11.6 Å². The van der Waals surface area contributed by atoms with Gasteiger partial charge in [0.05, 0.1) is 4.90 Å². The van der Waals surface area contributed by atoms with E-state index in [1.807, 2.05) is 0 Å². The summed E-state index contributed by atoms with van der Waals surface area (Å²) in [5, 5.41) is 5.20. The molecule has 0 unspecified atom stereocenters. The van der Waals surface area contributed by atoms with Crippen molar-refractivity contribution in [1.29, 1.82) is 0 Å². The summed E-state index contributed by atoms with van der Waals surface area (Å²) in [5.41, 5.74) is 0.859. The fraction of sp³-hybridized carbons (Fsp3) is 0.0769. The minimum Gasteiger partial charge on any atom is -0.225 e. The number of hydrogen-bond acceptors (Lipinski definition) is 4. The molecule has 2 aromatic rings. The molecule has 2 rings (SSSR count). The van der Waals surface area contributed by atoms with Gasteiger partial charge in [0.1, 0.15) is 4.90 Å². The minimum atomic E-state index is -4.17. The van der Waals surface area contributed by atoms with Gasteiger partial charge in [0.2, 0.25) is 10.0 Å². The van der Waals surface area contributed by atoms with Crippen LogP contribution in [0, 0.1) is 0 Å². The molecule has 2 N–H and O–H groups in total. The van der Waals surface area contributed by atoms with E-state index in [4.69, 9.17) is 5.14 Å². The number of nitrogens with two attached hydrogens (primary N) is 1. The SMILES string of the molecule is CS(=O)(=O)c1cccc(-c2ccccc2)c1S(N)(=O)=O.[Na]. The number of sulfonamides is 1. The summed E-state index contributed by atoms with van der Waals surface area (Å²) < 4.78 is 47.1. The summed E-state index contributed by atoms with van der Waals surface area (Å²) in [6, 6.07) is 12.9. The molecular weight excluding hydrogens is 321 g/mol. The average molecular weight is 334 g/mol. The number of primary sulfonamides is 1. The van der Waals surface area contributed by atoms with Gasteiger partial charge in [-0.1, -0.05) is 42.5 Å². The van der Waals surface area contributed by atoms with Crippen molar-refractivity contribution in [3.63, 3.8) is 0 Å². The molecule has 2 aromatic carbocycles. The molecular formula is C13H13NNaO4S2. The summed E-state index contributed by atoms with van der Waals surface area (Å²) in [7, 11) is -7.88. The summed E-state index contributed by atoms with van der Waals surface area (Å²) >= 11 is 0. The molecule has 8 heteroatoms. The van der Waals surface area contributed by atoms with E-state index >= 15 is 0 Å². The number of hydrogen-bond donors (Lipinski definition) is 1. The van der Waals surface area contributed by atoms with E-state index in [9.17, 15) is 16.8 Å². The minimum absolute atomic E-state index is 0. The zero-order valence-corrected chi connectivity index (χ0v) is 15.3. The maximum Gasteiger partial charge on any atom is 0.239 e. The molecule has 0 fully saturated rings. The quantitative estimate of drug-likeness (QED) is 0.848. The number of rotatable bonds is 3. The van der Waals surface area contributed by atoms with Crippen LogP contribution in [0.4, 0.5) is 0 Å². The van der Waals surface area contributed by atoms with Crippen molar-refractivity contribution < 1.29 is 16.8 Å². The number of sulfone groups is 1. The van der Waals surface area contributed by atoms with Crippen molar-refractivity contribution in [3.05, 3.63) is 48.5 Å². The fourth-order valence-corrected chi connectivity index (χ4v) is 4.36. The van der Waals surface area contributed by atoms with Gasteiger partial charge in [-0.15, -0.1) is 0 Å². The third kappa shape index (κ3) is 4.15. The summed E-state index contributed by atoms with van der Waals surface area (Å²) in [4.78, 5) is -0.657. The Morgan fingerprint density at radius 2 is 1.43 bits per heavy atom. The van der Waals surface area contributed by atoms with Crippen LogP contribution in [-0.2, 0) is 19.9 Å². The molecule has 0 aliphatic rings. The Labute approximate surface area is 146 Å². The standard InChI is InChI=1S/C13H13NO4S2.Na/c1-19(15,16)12-9-5-8-11(13(12)20(14,17)18)10-6-3-2-4-7-10;/h2-9H,1H3,(H2,14,17,18);. The van der Waals surface area contributed by atoms with E-state index < -0.39 is 19.9 Å². The summed E-state index contributed by atoms with van der Waals surface area (Å²) in [5.74, 6) is 0. The van der Waals surface area contributed by atoms with Crippen molar-refractivity contribution in [3.8, 4) is 11.1 Å². The van der Waals surface area contributed by atoms with Gasteiger partial charge >= 0.3 is 0 Å². The Bertz CT molecular complexity index is 847. The van der Waals surface area contributed by atoms with Crippen molar-refractivity contribution in [2.45, 2.75) is 9.79 Å². The van der Waals surface area contributed by atoms with E-state index in [0.717, 1.165) is 6.26 Å². The van der Waals surface area contributed by atoms with E-state index in [1.165, 1.54) is 18.2 Å². The first-order chi connectivity index (χ1) is 9.21. The summed E-state index contributed by atoms with van der Waals surface area (Å²) in [6.45, 7) is 0. The van der Waals surface area contributed by atoms with Gasteiger partial charge < -0.3 is 0 Å². The Hall–Kier alpha value is -0.700. The predicted octanol–water partition coefficient (Wildman–Crippen LogP) is 1.02. The van der Waals surface area contributed by atoms with Crippen LogP contribution < -0.4 is 5.14 Å². The first kappa shape index (κ1) is 18.3. The summed E-state index contributed by atoms with van der Waals surface area (Å²) in [6.07, 6.45) is 0.950. The van der Waals surface area contributed by atoms with E-state index in [-0.39, 0.29) is 44.9 Å². The number of benzene rings is 2. The van der Waals surface area contributed by atoms with Crippen LogP contribution in [-0.4, -0.2) is 52.6 Å². The van der Waals surface area contributed by atoms with E-state index in [2.05, 4.69) is 0 Å². The molecule has 0 amide bonds. The van der Waals surface area contributed by atoms with E-state index in [0.29, 0.717) is 5.56 Å².